The van der Waals surface area contributed by atoms with Crippen molar-refractivity contribution in [3.05, 3.63) is 35.4 Å². The molecule has 2 unspecified atom stereocenters. The van der Waals surface area contributed by atoms with Crippen LogP contribution in [0, 0.1) is 0 Å². The third-order valence-electron chi connectivity index (χ3n) is 3.22. The van der Waals surface area contributed by atoms with E-state index in [2.05, 4.69) is 36.8 Å². The van der Waals surface area contributed by atoms with E-state index >= 15 is 0 Å². The first-order valence-corrected chi connectivity index (χ1v) is 6.39. The van der Waals surface area contributed by atoms with Crippen molar-refractivity contribution in [3.63, 3.8) is 0 Å². The molecule has 1 aromatic carbocycles. The van der Waals surface area contributed by atoms with Crippen LogP contribution in [0.25, 0.3) is 0 Å². The van der Waals surface area contributed by atoms with E-state index in [1.54, 1.807) is 7.05 Å². The Morgan fingerprint density at radius 2 is 1.83 bits per heavy atom. The van der Waals surface area contributed by atoms with Gasteiger partial charge in [0.2, 0.25) is 5.91 Å². The van der Waals surface area contributed by atoms with Crippen LogP contribution in [0.2, 0.25) is 0 Å². The van der Waals surface area contributed by atoms with E-state index in [0.29, 0.717) is 5.92 Å². The molecule has 0 aromatic heterocycles. The molecule has 0 saturated carbocycles. The van der Waals surface area contributed by atoms with Gasteiger partial charge in [0.15, 0.2) is 0 Å². The number of hydrazine groups is 1. The fourth-order valence-electron chi connectivity index (χ4n) is 1.82. The largest absolute Gasteiger partial charge is 0.324 e. The van der Waals surface area contributed by atoms with E-state index in [0.717, 1.165) is 12.0 Å². The monoisotopic (exact) mass is 249 g/mol. The lowest BCUT2D eigenvalue weighted by molar-refractivity contribution is -0.122. The molecule has 0 bridgehead atoms. The number of hydrogen-bond donors (Lipinski definition) is 3. The Morgan fingerprint density at radius 1 is 1.28 bits per heavy atom. The number of carbonyl (C=O) groups excluding carboxylic acids is 1. The van der Waals surface area contributed by atoms with Crippen LogP contribution in [-0.4, -0.2) is 13.0 Å². The van der Waals surface area contributed by atoms with Crippen LogP contribution in [0.3, 0.4) is 0 Å². The van der Waals surface area contributed by atoms with Gasteiger partial charge in [0.05, 0.1) is 0 Å². The first kappa shape index (κ1) is 14.7. The molecule has 4 N–H and O–H groups in total. The first-order chi connectivity index (χ1) is 8.58. The van der Waals surface area contributed by atoms with Gasteiger partial charge in [-0.25, -0.2) is 5.43 Å². The Kier molecular flexibility index (Phi) is 5.82. The summed E-state index contributed by atoms with van der Waals surface area (Å²) in [5, 5.41) is 0. The van der Waals surface area contributed by atoms with E-state index < -0.39 is 0 Å². The lowest BCUT2D eigenvalue weighted by atomic mass is 9.95. The maximum absolute atomic E-state index is 11.4. The van der Waals surface area contributed by atoms with Gasteiger partial charge in [0, 0.05) is 19.5 Å². The van der Waals surface area contributed by atoms with Gasteiger partial charge in [-0.2, -0.15) is 0 Å². The topological polar surface area (TPSA) is 67.2 Å². The number of rotatable bonds is 6. The fourth-order valence-corrected chi connectivity index (χ4v) is 1.82. The smallest absolute Gasteiger partial charge is 0.235 e. The molecular weight excluding hydrogens is 226 g/mol. The SMILES string of the molecule is CCC(C)c1ccc(C(N)CC(=O)NNC)cc1. The Bertz CT molecular complexity index is 375. The van der Waals surface area contributed by atoms with E-state index in [1.165, 1.54) is 5.56 Å². The number of carbonyl (C=O) groups is 1. The molecule has 4 nitrogen and oxygen atoms in total. The van der Waals surface area contributed by atoms with Crippen LogP contribution in [0.15, 0.2) is 24.3 Å². The summed E-state index contributed by atoms with van der Waals surface area (Å²) in [5.74, 6) is 0.457. The third-order valence-corrected chi connectivity index (χ3v) is 3.22. The van der Waals surface area contributed by atoms with Gasteiger partial charge in [0.1, 0.15) is 0 Å². The highest BCUT2D eigenvalue weighted by atomic mass is 16.2. The van der Waals surface area contributed by atoms with Crippen molar-refractivity contribution in [1.82, 2.24) is 10.9 Å². The minimum Gasteiger partial charge on any atom is -0.324 e. The lowest BCUT2D eigenvalue weighted by Gasteiger charge is -2.14. The van der Waals surface area contributed by atoms with E-state index in [4.69, 9.17) is 5.73 Å². The average Bonchev–Trinajstić information content (AvgIpc) is 2.38. The van der Waals surface area contributed by atoms with Crippen LogP contribution in [-0.2, 0) is 4.79 Å². The summed E-state index contributed by atoms with van der Waals surface area (Å²) in [6.45, 7) is 4.38. The van der Waals surface area contributed by atoms with Gasteiger partial charge in [0.25, 0.3) is 0 Å². The van der Waals surface area contributed by atoms with E-state index in [-0.39, 0.29) is 18.4 Å². The summed E-state index contributed by atoms with van der Waals surface area (Å²) in [6.07, 6.45) is 1.40. The van der Waals surface area contributed by atoms with Crippen molar-refractivity contribution < 1.29 is 4.79 Å². The fraction of sp³-hybridized carbons (Fsp3) is 0.500. The molecule has 0 heterocycles. The van der Waals surface area contributed by atoms with Crippen molar-refractivity contribution in [2.24, 2.45) is 5.73 Å². The van der Waals surface area contributed by atoms with Gasteiger partial charge in [-0.1, -0.05) is 38.1 Å². The summed E-state index contributed by atoms with van der Waals surface area (Å²) >= 11 is 0. The molecule has 18 heavy (non-hydrogen) atoms. The summed E-state index contributed by atoms with van der Waals surface area (Å²) in [6, 6.07) is 7.96. The van der Waals surface area contributed by atoms with Crippen LogP contribution in [0.5, 0.6) is 0 Å². The second-order valence-corrected chi connectivity index (χ2v) is 4.58. The Balaban J connectivity index is 2.64. The van der Waals surface area contributed by atoms with Crippen LogP contribution in [0.4, 0.5) is 0 Å². The van der Waals surface area contributed by atoms with Crippen LogP contribution >= 0.6 is 0 Å². The Hall–Kier alpha value is -1.39. The zero-order valence-electron chi connectivity index (χ0n) is 11.4. The van der Waals surface area contributed by atoms with Crippen LogP contribution < -0.4 is 16.6 Å². The Morgan fingerprint density at radius 3 is 2.33 bits per heavy atom. The Labute approximate surface area is 109 Å². The average molecular weight is 249 g/mol. The first-order valence-electron chi connectivity index (χ1n) is 6.39. The second kappa shape index (κ2) is 7.13. The molecular formula is C14H23N3O. The summed E-state index contributed by atoms with van der Waals surface area (Å²) in [5.41, 5.74) is 13.4. The maximum atomic E-state index is 11.4. The summed E-state index contributed by atoms with van der Waals surface area (Å²) in [4.78, 5) is 11.4. The number of nitrogens with two attached hydrogens (primary N) is 1. The minimum atomic E-state index is -0.260. The molecule has 1 aromatic rings. The number of benzene rings is 1. The van der Waals surface area contributed by atoms with Gasteiger partial charge in [-0.3, -0.25) is 10.2 Å². The zero-order valence-corrected chi connectivity index (χ0v) is 11.4. The van der Waals surface area contributed by atoms with E-state index in [1.807, 2.05) is 12.1 Å². The molecule has 1 amide bonds. The zero-order chi connectivity index (χ0) is 13.5. The molecule has 0 aliphatic rings. The van der Waals surface area contributed by atoms with Gasteiger partial charge in [-0.15, -0.1) is 0 Å². The number of hydrogen-bond acceptors (Lipinski definition) is 3. The molecule has 2 atom stereocenters. The normalized spacial score (nSPS) is 14.0. The molecule has 0 saturated heterocycles. The highest BCUT2D eigenvalue weighted by Gasteiger charge is 2.11. The van der Waals surface area contributed by atoms with Crippen molar-refractivity contribution in [2.45, 2.75) is 38.6 Å². The van der Waals surface area contributed by atoms with Crippen LogP contribution in [0.1, 0.15) is 49.8 Å². The molecule has 4 heteroatoms. The van der Waals surface area contributed by atoms with Crippen molar-refractivity contribution in [1.29, 1.82) is 0 Å². The molecule has 0 aliphatic carbocycles. The highest BCUT2D eigenvalue weighted by molar-refractivity contribution is 5.76. The molecule has 0 spiro atoms. The number of nitrogens with one attached hydrogen (secondary N) is 2. The summed E-state index contributed by atoms with van der Waals surface area (Å²) in [7, 11) is 1.66. The second-order valence-electron chi connectivity index (χ2n) is 4.58. The maximum Gasteiger partial charge on any atom is 0.235 e. The standard InChI is InChI=1S/C14H23N3O/c1-4-10(2)11-5-7-12(8-6-11)13(15)9-14(18)17-16-3/h5-8,10,13,16H,4,9,15H2,1-3H3,(H,17,18). The molecule has 1 rings (SSSR count). The van der Waals surface area contributed by atoms with Crippen molar-refractivity contribution >= 4 is 5.91 Å². The van der Waals surface area contributed by atoms with Gasteiger partial charge < -0.3 is 5.73 Å². The predicted molar refractivity (Wildman–Crippen MR) is 73.9 cm³/mol. The molecule has 100 valence electrons. The summed E-state index contributed by atoms with van der Waals surface area (Å²) < 4.78 is 0. The molecule has 0 fully saturated rings. The number of amides is 1. The lowest BCUT2D eigenvalue weighted by Crippen LogP contribution is -2.36. The quantitative estimate of drug-likeness (QED) is 0.674. The highest BCUT2D eigenvalue weighted by Crippen LogP contribution is 2.21. The predicted octanol–water partition coefficient (Wildman–Crippen LogP) is 1.84. The van der Waals surface area contributed by atoms with Gasteiger partial charge in [-0.05, 0) is 23.5 Å². The minimum absolute atomic E-state index is 0.101. The third kappa shape index (κ3) is 4.13. The van der Waals surface area contributed by atoms with E-state index in [9.17, 15) is 4.79 Å². The van der Waals surface area contributed by atoms with Gasteiger partial charge >= 0.3 is 0 Å². The molecule has 0 aliphatic heterocycles. The van der Waals surface area contributed by atoms with Crippen molar-refractivity contribution in [3.8, 4) is 0 Å². The van der Waals surface area contributed by atoms with Crippen molar-refractivity contribution in [2.75, 3.05) is 7.05 Å². The molecule has 0 radical (unpaired) electrons.